The molecular formula is C21H27FN2O. The van der Waals surface area contributed by atoms with Crippen LogP contribution in [0.15, 0.2) is 48.5 Å². The molecule has 0 radical (unpaired) electrons. The molecular weight excluding hydrogens is 315 g/mol. The number of hydrogen-bond acceptors (Lipinski definition) is 3. The number of aryl methyl sites for hydroxylation is 1. The van der Waals surface area contributed by atoms with Crippen LogP contribution in [0.25, 0.3) is 0 Å². The van der Waals surface area contributed by atoms with Crippen molar-refractivity contribution in [1.82, 2.24) is 9.80 Å². The van der Waals surface area contributed by atoms with E-state index in [0.29, 0.717) is 6.04 Å². The molecule has 134 valence electrons. The number of nitrogens with zero attached hydrogens (tertiary/aromatic N) is 2. The van der Waals surface area contributed by atoms with Gasteiger partial charge in [0, 0.05) is 45.4 Å². The van der Waals surface area contributed by atoms with E-state index in [-0.39, 0.29) is 12.4 Å². The van der Waals surface area contributed by atoms with Gasteiger partial charge in [0.05, 0.1) is 0 Å². The molecule has 2 aromatic rings. The van der Waals surface area contributed by atoms with Gasteiger partial charge in [0.1, 0.15) is 5.82 Å². The molecule has 1 saturated heterocycles. The van der Waals surface area contributed by atoms with Crippen molar-refractivity contribution in [2.75, 3.05) is 26.2 Å². The summed E-state index contributed by atoms with van der Waals surface area (Å²) in [5.41, 5.74) is 3.82. The standard InChI is InChI=1S/C21H27FN2O/c1-17-4-2-3-5-19(17)15-23-11-12-24(21(16-23)10-13-25)14-18-6-8-20(22)9-7-18/h2-9,21,25H,10-16H2,1H3/t21-/m0/s1. The highest BCUT2D eigenvalue weighted by Crippen LogP contribution is 2.19. The Bertz CT molecular complexity index is 674. The first kappa shape index (κ1) is 18.1. The SMILES string of the molecule is Cc1ccccc1CN1CCN(Cc2ccc(F)cc2)[C@@H](CCO)C1. The molecule has 1 heterocycles. The van der Waals surface area contributed by atoms with E-state index in [9.17, 15) is 9.50 Å². The molecule has 0 aliphatic carbocycles. The van der Waals surface area contributed by atoms with Gasteiger partial charge in [-0.25, -0.2) is 4.39 Å². The summed E-state index contributed by atoms with van der Waals surface area (Å²) in [5, 5.41) is 9.46. The minimum atomic E-state index is -0.196. The minimum absolute atomic E-state index is 0.196. The number of halogens is 1. The zero-order chi connectivity index (χ0) is 17.6. The van der Waals surface area contributed by atoms with E-state index in [0.717, 1.165) is 44.7 Å². The van der Waals surface area contributed by atoms with Crippen molar-refractivity contribution in [2.45, 2.75) is 32.5 Å². The van der Waals surface area contributed by atoms with Crippen molar-refractivity contribution in [2.24, 2.45) is 0 Å². The van der Waals surface area contributed by atoms with E-state index < -0.39 is 0 Å². The van der Waals surface area contributed by atoms with Crippen LogP contribution in [0.3, 0.4) is 0 Å². The predicted molar refractivity (Wildman–Crippen MR) is 98.8 cm³/mol. The van der Waals surface area contributed by atoms with Gasteiger partial charge < -0.3 is 5.11 Å². The van der Waals surface area contributed by atoms with Crippen LogP contribution in [0.4, 0.5) is 4.39 Å². The summed E-state index contributed by atoms with van der Waals surface area (Å²) < 4.78 is 13.1. The van der Waals surface area contributed by atoms with Gasteiger partial charge in [0.2, 0.25) is 0 Å². The van der Waals surface area contributed by atoms with E-state index in [1.807, 2.05) is 12.1 Å². The Morgan fingerprint density at radius 1 is 1.04 bits per heavy atom. The van der Waals surface area contributed by atoms with Crippen molar-refractivity contribution in [3.8, 4) is 0 Å². The van der Waals surface area contributed by atoms with Crippen LogP contribution >= 0.6 is 0 Å². The van der Waals surface area contributed by atoms with Gasteiger partial charge in [-0.1, -0.05) is 36.4 Å². The van der Waals surface area contributed by atoms with E-state index >= 15 is 0 Å². The Labute approximate surface area is 149 Å². The van der Waals surface area contributed by atoms with E-state index in [2.05, 4.69) is 41.0 Å². The van der Waals surface area contributed by atoms with Crippen molar-refractivity contribution in [3.63, 3.8) is 0 Å². The number of piperazine rings is 1. The maximum atomic E-state index is 13.1. The van der Waals surface area contributed by atoms with Crippen LogP contribution in [-0.2, 0) is 13.1 Å². The molecule has 1 aliphatic rings. The zero-order valence-corrected chi connectivity index (χ0v) is 14.9. The van der Waals surface area contributed by atoms with Crippen LogP contribution in [-0.4, -0.2) is 47.2 Å². The third kappa shape index (κ3) is 4.88. The molecule has 3 nitrogen and oxygen atoms in total. The summed E-state index contributed by atoms with van der Waals surface area (Å²) in [7, 11) is 0. The molecule has 0 aromatic heterocycles. The van der Waals surface area contributed by atoms with Crippen LogP contribution in [0.5, 0.6) is 0 Å². The van der Waals surface area contributed by atoms with E-state index in [4.69, 9.17) is 0 Å². The Morgan fingerprint density at radius 2 is 1.80 bits per heavy atom. The normalized spacial score (nSPS) is 19.2. The fourth-order valence-electron chi connectivity index (χ4n) is 3.58. The molecule has 0 saturated carbocycles. The topological polar surface area (TPSA) is 26.7 Å². The Kier molecular flexibility index (Phi) is 6.19. The van der Waals surface area contributed by atoms with Crippen LogP contribution in [0, 0.1) is 12.7 Å². The molecule has 3 rings (SSSR count). The van der Waals surface area contributed by atoms with Crippen molar-refractivity contribution in [1.29, 1.82) is 0 Å². The summed E-state index contributed by atoms with van der Waals surface area (Å²) >= 11 is 0. The number of benzene rings is 2. The average Bonchev–Trinajstić information content (AvgIpc) is 2.61. The van der Waals surface area contributed by atoms with Gasteiger partial charge in [-0.15, -0.1) is 0 Å². The molecule has 0 amide bonds. The quantitative estimate of drug-likeness (QED) is 0.873. The first-order valence-electron chi connectivity index (χ1n) is 9.02. The predicted octanol–water partition coefficient (Wildman–Crippen LogP) is 3.20. The summed E-state index contributed by atoms with van der Waals surface area (Å²) in [6.07, 6.45) is 0.769. The number of rotatable bonds is 6. The van der Waals surface area contributed by atoms with Gasteiger partial charge in [0.25, 0.3) is 0 Å². The lowest BCUT2D eigenvalue weighted by Crippen LogP contribution is -2.52. The van der Waals surface area contributed by atoms with E-state index in [1.165, 1.54) is 23.3 Å². The van der Waals surface area contributed by atoms with Gasteiger partial charge in [-0.05, 0) is 42.2 Å². The highest BCUT2D eigenvalue weighted by atomic mass is 19.1. The molecule has 1 aliphatic heterocycles. The lowest BCUT2D eigenvalue weighted by Gasteiger charge is -2.41. The summed E-state index contributed by atoms with van der Waals surface area (Å²) in [6, 6.07) is 15.6. The fourth-order valence-corrected chi connectivity index (χ4v) is 3.58. The average molecular weight is 342 g/mol. The molecule has 1 N–H and O–H groups in total. The monoisotopic (exact) mass is 342 g/mol. The highest BCUT2D eigenvalue weighted by molar-refractivity contribution is 5.25. The number of aliphatic hydroxyl groups is 1. The lowest BCUT2D eigenvalue weighted by atomic mass is 10.0. The molecule has 0 bridgehead atoms. The van der Waals surface area contributed by atoms with E-state index in [1.54, 1.807) is 0 Å². The van der Waals surface area contributed by atoms with Gasteiger partial charge in [0.15, 0.2) is 0 Å². The summed E-state index contributed by atoms with van der Waals surface area (Å²) in [5.74, 6) is -0.196. The smallest absolute Gasteiger partial charge is 0.123 e. The molecule has 25 heavy (non-hydrogen) atoms. The van der Waals surface area contributed by atoms with Crippen LogP contribution < -0.4 is 0 Å². The zero-order valence-electron chi connectivity index (χ0n) is 14.9. The van der Waals surface area contributed by atoms with Gasteiger partial charge >= 0.3 is 0 Å². The number of aliphatic hydroxyl groups excluding tert-OH is 1. The first-order chi connectivity index (χ1) is 12.2. The van der Waals surface area contributed by atoms with Gasteiger partial charge in [-0.3, -0.25) is 9.80 Å². The maximum Gasteiger partial charge on any atom is 0.123 e. The Morgan fingerprint density at radius 3 is 2.52 bits per heavy atom. The summed E-state index contributed by atoms with van der Waals surface area (Å²) in [6.45, 7) is 7.05. The second-order valence-electron chi connectivity index (χ2n) is 6.92. The Hall–Kier alpha value is -1.75. The molecule has 4 heteroatoms. The molecule has 1 fully saturated rings. The molecule has 1 atom stereocenters. The number of hydrogen-bond donors (Lipinski definition) is 1. The Balaban J connectivity index is 1.63. The fraction of sp³-hybridized carbons (Fsp3) is 0.429. The highest BCUT2D eigenvalue weighted by Gasteiger charge is 2.26. The van der Waals surface area contributed by atoms with Gasteiger partial charge in [-0.2, -0.15) is 0 Å². The maximum absolute atomic E-state index is 13.1. The largest absolute Gasteiger partial charge is 0.396 e. The van der Waals surface area contributed by atoms with Crippen molar-refractivity contribution >= 4 is 0 Å². The third-order valence-electron chi connectivity index (χ3n) is 5.11. The lowest BCUT2D eigenvalue weighted by molar-refractivity contribution is 0.0499. The molecule has 2 aromatic carbocycles. The molecule has 0 unspecified atom stereocenters. The second-order valence-corrected chi connectivity index (χ2v) is 6.92. The van der Waals surface area contributed by atoms with Crippen molar-refractivity contribution in [3.05, 3.63) is 71.0 Å². The van der Waals surface area contributed by atoms with Crippen LogP contribution in [0.1, 0.15) is 23.1 Å². The second kappa shape index (κ2) is 8.56. The third-order valence-corrected chi connectivity index (χ3v) is 5.11. The first-order valence-corrected chi connectivity index (χ1v) is 9.02. The van der Waals surface area contributed by atoms with Crippen LogP contribution in [0.2, 0.25) is 0 Å². The summed E-state index contributed by atoms with van der Waals surface area (Å²) in [4.78, 5) is 4.89. The molecule has 0 spiro atoms. The minimum Gasteiger partial charge on any atom is -0.396 e. The van der Waals surface area contributed by atoms with Crippen molar-refractivity contribution < 1.29 is 9.50 Å².